The van der Waals surface area contributed by atoms with E-state index in [0.29, 0.717) is 16.7 Å². The first-order valence-electron chi connectivity index (χ1n) is 8.75. The molecule has 1 aromatic carbocycles. The lowest BCUT2D eigenvalue weighted by atomic mass is 10.2. The third-order valence-electron chi connectivity index (χ3n) is 4.06. The molecule has 0 saturated heterocycles. The highest BCUT2D eigenvalue weighted by atomic mass is 35.5. The maximum Gasteiger partial charge on any atom is 0.417 e. The number of carbonyl (C=O) groups is 1. The van der Waals surface area contributed by atoms with Crippen molar-refractivity contribution in [3.8, 4) is 11.6 Å². The predicted molar refractivity (Wildman–Crippen MR) is 109 cm³/mol. The summed E-state index contributed by atoms with van der Waals surface area (Å²) in [7, 11) is 0. The maximum absolute atomic E-state index is 13.0. The van der Waals surface area contributed by atoms with Gasteiger partial charge in [-0.05, 0) is 42.5 Å². The largest absolute Gasteiger partial charge is 0.461 e. The number of nitrogens with zero attached hydrogens (tertiary/aromatic N) is 4. The molecule has 1 amide bonds. The molecule has 160 valence electrons. The summed E-state index contributed by atoms with van der Waals surface area (Å²) in [5.74, 6) is 0.290. The third kappa shape index (κ3) is 4.62. The first kappa shape index (κ1) is 21.1. The zero-order chi connectivity index (χ0) is 22.0. The number of hydrogen-bond donors (Lipinski definition) is 1. The topological polar surface area (TPSA) is 77.9 Å². The van der Waals surface area contributed by atoms with Gasteiger partial charge >= 0.3 is 6.18 Å². The van der Waals surface area contributed by atoms with Gasteiger partial charge in [-0.1, -0.05) is 23.4 Å². The summed E-state index contributed by atoms with van der Waals surface area (Å²) in [4.78, 5) is 12.3. The predicted octanol–water partition coefficient (Wildman–Crippen LogP) is 5.05. The summed E-state index contributed by atoms with van der Waals surface area (Å²) in [6, 6.07) is 10.2. The molecule has 0 bridgehead atoms. The van der Waals surface area contributed by atoms with Crippen LogP contribution in [0.2, 0.25) is 5.02 Å². The molecule has 0 spiro atoms. The van der Waals surface area contributed by atoms with Gasteiger partial charge in [0.25, 0.3) is 0 Å². The van der Waals surface area contributed by atoms with E-state index in [0.717, 1.165) is 23.9 Å². The van der Waals surface area contributed by atoms with E-state index >= 15 is 0 Å². The molecule has 0 aliphatic carbocycles. The van der Waals surface area contributed by atoms with E-state index in [4.69, 9.17) is 16.0 Å². The van der Waals surface area contributed by atoms with E-state index in [1.165, 1.54) is 12.3 Å². The highest BCUT2D eigenvalue weighted by molar-refractivity contribution is 7.99. The van der Waals surface area contributed by atoms with Crippen molar-refractivity contribution < 1.29 is 22.4 Å². The second-order valence-corrected chi connectivity index (χ2v) is 7.54. The Balaban J connectivity index is 1.51. The number of halogens is 4. The minimum Gasteiger partial charge on any atom is -0.461 e. The van der Waals surface area contributed by atoms with Gasteiger partial charge in [0.05, 0.1) is 22.6 Å². The number of aromatic nitrogens is 4. The molecule has 0 atom stereocenters. The second-order valence-electron chi connectivity index (χ2n) is 6.19. The molecule has 3 heterocycles. The van der Waals surface area contributed by atoms with Crippen LogP contribution in [-0.4, -0.2) is 31.2 Å². The molecule has 0 radical (unpaired) electrons. The van der Waals surface area contributed by atoms with Gasteiger partial charge in [0.1, 0.15) is 0 Å². The smallest absolute Gasteiger partial charge is 0.417 e. The van der Waals surface area contributed by atoms with E-state index in [1.807, 2.05) is 12.1 Å². The van der Waals surface area contributed by atoms with E-state index < -0.39 is 22.7 Å². The third-order valence-corrected chi connectivity index (χ3v) is 5.31. The zero-order valence-electron chi connectivity index (χ0n) is 15.5. The SMILES string of the molecule is O=C(CSc1nnc(-c2ccco2)n1-n1cccc1)Nc1ccc(Cl)c(C(F)(F)F)c1. The van der Waals surface area contributed by atoms with E-state index in [2.05, 4.69) is 15.5 Å². The number of carbonyl (C=O) groups excluding carboxylic acids is 1. The Hall–Kier alpha value is -3.18. The van der Waals surface area contributed by atoms with Gasteiger partial charge in [-0.25, -0.2) is 4.68 Å². The van der Waals surface area contributed by atoms with Crippen LogP contribution in [0.5, 0.6) is 0 Å². The van der Waals surface area contributed by atoms with E-state index in [-0.39, 0.29) is 11.4 Å². The van der Waals surface area contributed by atoms with Crippen LogP contribution in [0.25, 0.3) is 11.6 Å². The molecule has 1 N–H and O–H groups in total. The highest BCUT2D eigenvalue weighted by Crippen LogP contribution is 2.36. The van der Waals surface area contributed by atoms with E-state index in [9.17, 15) is 18.0 Å². The average molecular weight is 468 g/mol. The van der Waals surface area contributed by atoms with Crippen LogP contribution in [0, 0.1) is 0 Å². The highest BCUT2D eigenvalue weighted by Gasteiger charge is 2.33. The number of nitrogens with one attached hydrogen (secondary N) is 1. The number of anilines is 1. The first-order valence-corrected chi connectivity index (χ1v) is 10.1. The fourth-order valence-electron chi connectivity index (χ4n) is 2.73. The number of thioether (sulfide) groups is 1. The van der Waals surface area contributed by atoms with Crippen LogP contribution >= 0.6 is 23.4 Å². The molecule has 0 aliphatic heterocycles. The molecule has 0 aliphatic rings. The first-order chi connectivity index (χ1) is 14.8. The molecule has 12 heteroatoms. The Bertz CT molecular complexity index is 1190. The summed E-state index contributed by atoms with van der Waals surface area (Å²) >= 11 is 6.67. The second kappa shape index (κ2) is 8.52. The van der Waals surface area contributed by atoms with Gasteiger partial charge in [-0.2, -0.15) is 13.2 Å². The van der Waals surface area contributed by atoms with Crippen molar-refractivity contribution in [3.05, 3.63) is 71.7 Å². The number of hydrogen-bond acceptors (Lipinski definition) is 5. The zero-order valence-corrected chi connectivity index (χ0v) is 17.1. The van der Waals surface area contributed by atoms with Crippen molar-refractivity contribution in [2.75, 3.05) is 11.1 Å². The van der Waals surface area contributed by atoms with Gasteiger partial charge in [0, 0.05) is 18.1 Å². The number of furan rings is 1. The van der Waals surface area contributed by atoms with Crippen molar-refractivity contribution in [2.45, 2.75) is 11.3 Å². The fraction of sp³-hybridized carbons (Fsp3) is 0.105. The maximum atomic E-state index is 13.0. The monoisotopic (exact) mass is 467 g/mol. The van der Waals surface area contributed by atoms with Crippen molar-refractivity contribution in [2.24, 2.45) is 0 Å². The summed E-state index contributed by atoms with van der Waals surface area (Å²) in [6.07, 6.45) is 0.423. The summed E-state index contributed by atoms with van der Waals surface area (Å²) in [5, 5.41) is 10.6. The van der Waals surface area contributed by atoms with Crippen LogP contribution in [0.3, 0.4) is 0 Å². The van der Waals surface area contributed by atoms with E-state index in [1.54, 1.807) is 33.9 Å². The molecule has 4 rings (SSSR count). The normalized spacial score (nSPS) is 11.6. The Morgan fingerprint density at radius 3 is 2.61 bits per heavy atom. The molecule has 0 saturated carbocycles. The summed E-state index contributed by atoms with van der Waals surface area (Å²) in [5.41, 5.74) is -1.03. The van der Waals surface area contributed by atoms with Gasteiger partial charge < -0.3 is 9.73 Å². The van der Waals surface area contributed by atoms with Crippen molar-refractivity contribution in [1.82, 2.24) is 19.5 Å². The van der Waals surface area contributed by atoms with Gasteiger partial charge in [0.15, 0.2) is 5.76 Å². The van der Waals surface area contributed by atoms with Crippen LogP contribution < -0.4 is 5.32 Å². The van der Waals surface area contributed by atoms with Gasteiger partial charge in [0.2, 0.25) is 16.9 Å². The number of rotatable bonds is 6. The lowest BCUT2D eigenvalue weighted by Crippen LogP contribution is -2.16. The standard InChI is InChI=1S/C19H13ClF3N5O2S/c20-14-6-5-12(10-13(14)19(21,22)23)24-16(29)11-31-18-26-25-17(15-4-3-9-30-15)28(18)27-7-1-2-8-27/h1-10H,11H2,(H,24,29). The Morgan fingerprint density at radius 1 is 1.16 bits per heavy atom. The van der Waals surface area contributed by atoms with Crippen LogP contribution in [0.1, 0.15) is 5.56 Å². The number of alkyl halides is 3. The average Bonchev–Trinajstić information content (AvgIpc) is 3.47. The molecular formula is C19H13ClF3N5O2S. The molecule has 4 aromatic rings. The Kier molecular flexibility index (Phi) is 5.79. The minimum atomic E-state index is -4.62. The Labute approximate surface area is 182 Å². The van der Waals surface area contributed by atoms with Crippen molar-refractivity contribution >= 4 is 35.0 Å². The van der Waals surface area contributed by atoms with Gasteiger partial charge in [-0.3, -0.25) is 9.47 Å². The summed E-state index contributed by atoms with van der Waals surface area (Å²) in [6.45, 7) is 0. The molecular weight excluding hydrogens is 455 g/mol. The molecule has 0 unspecified atom stereocenters. The van der Waals surface area contributed by atoms with Crippen molar-refractivity contribution in [1.29, 1.82) is 0 Å². The lowest BCUT2D eigenvalue weighted by molar-refractivity contribution is -0.137. The molecule has 3 aromatic heterocycles. The Morgan fingerprint density at radius 2 is 1.94 bits per heavy atom. The van der Waals surface area contributed by atoms with Crippen LogP contribution in [-0.2, 0) is 11.0 Å². The van der Waals surface area contributed by atoms with Gasteiger partial charge in [-0.15, -0.1) is 10.2 Å². The van der Waals surface area contributed by atoms with Crippen molar-refractivity contribution in [3.63, 3.8) is 0 Å². The summed E-state index contributed by atoms with van der Waals surface area (Å²) < 4.78 is 47.8. The number of amides is 1. The molecule has 31 heavy (non-hydrogen) atoms. The lowest BCUT2D eigenvalue weighted by Gasteiger charge is -2.12. The quantitative estimate of drug-likeness (QED) is 0.401. The van der Waals surface area contributed by atoms with Crippen LogP contribution in [0.15, 0.2) is 70.7 Å². The fourth-order valence-corrected chi connectivity index (χ4v) is 3.69. The molecule has 0 fully saturated rings. The molecule has 7 nitrogen and oxygen atoms in total. The number of benzene rings is 1. The minimum absolute atomic E-state index is 0.00882. The van der Waals surface area contributed by atoms with Crippen LogP contribution in [0.4, 0.5) is 18.9 Å².